The third kappa shape index (κ3) is 4.15. The molecule has 0 heterocycles. The Morgan fingerprint density at radius 2 is 1.50 bits per heavy atom. The van der Waals surface area contributed by atoms with Crippen molar-refractivity contribution in [2.75, 3.05) is 24.9 Å². The van der Waals surface area contributed by atoms with Gasteiger partial charge in [0, 0.05) is 5.69 Å². The molecule has 0 spiro atoms. The predicted molar refractivity (Wildman–Crippen MR) is 88.4 cm³/mol. The second-order valence-corrected chi connectivity index (χ2v) is 6.04. The molecule has 8 nitrogen and oxygen atoms in total. The molecular weight excluding hydrogens is 336 g/mol. The Morgan fingerprint density at radius 1 is 0.958 bits per heavy atom. The van der Waals surface area contributed by atoms with Gasteiger partial charge < -0.3 is 20.1 Å². The topological polar surface area (TPSA) is 114 Å². The standard InChI is InChI=1S/C15H16N2O6S/c1-22-12-4-3-5-13(23-2)14(12)17-15(18)16-10-6-8-11(9-7-10)24(19,20)21/h3-9H,1-2H3,(H2,16,17,18)(H,19,20,21). The quantitative estimate of drug-likeness (QED) is 0.713. The zero-order valence-corrected chi connectivity index (χ0v) is 13.8. The average molecular weight is 352 g/mol. The summed E-state index contributed by atoms with van der Waals surface area (Å²) in [6.45, 7) is 0. The lowest BCUT2D eigenvalue weighted by Crippen LogP contribution is -2.20. The van der Waals surface area contributed by atoms with Gasteiger partial charge in [-0.05, 0) is 36.4 Å². The number of para-hydroxylation sites is 1. The molecule has 0 saturated heterocycles. The number of hydrogen-bond donors (Lipinski definition) is 3. The number of nitrogens with one attached hydrogen (secondary N) is 2. The third-order valence-corrected chi connectivity index (χ3v) is 3.94. The molecule has 0 radical (unpaired) electrons. The van der Waals surface area contributed by atoms with E-state index < -0.39 is 16.1 Å². The first-order chi connectivity index (χ1) is 11.3. The van der Waals surface area contributed by atoms with Crippen molar-refractivity contribution in [3.05, 3.63) is 42.5 Å². The Morgan fingerprint density at radius 3 is 1.96 bits per heavy atom. The fourth-order valence-corrected chi connectivity index (χ4v) is 2.44. The zero-order valence-electron chi connectivity index (χ0n) is 12.9. The van der Waals surface area contributed by atoms with Crippen molar-refractivity contribution in [2.45, 2.75) is 4.90 Å². The molecule has 0 fully saturated rings. The Hall–Kier alpha value is -2.78. The lowest BCUT2D eigenvalue weighted by atomic mass is 10.2. The van der Waals surface area contributed by atoms with Crippen LogP contribution >= 0.6 is 0 Å². The Balaban J connectivity index is 2.14. The summed E-state index contributed by atoms with van der Waals surface area (Å²) in [5, 5.41) is 5.14. The molecule has 2 aromatic carbocycles. The fourth-order valence-electron chi connectivity index (χ4n) is 1.96. The van der Waals surface area contributed by atoms with E-state index in [-0.39, 0.29) is 4.90 Å². The minimum absolute atomic E-state index is 0.264. The molecule has 2 amide bonds. The third-order valence-electron chi connectivity index (χ3n) is 3.08. The summed E-state index contributed by atoms with van der Waals surface area (Å²) in [5.41, 5.74) is 0.698. The maximum absolute atomic E-state index is 12.1. The highest BCUT2D eigenvalue weighted by atomic mass is 32.2. The van der Waals surface area contributed by atoms with Crippen molar-refractivity contribution in [1.82, 2.24) is 0 Å². The first kappa shape index (κ1) is 17.6. The molecule has 2 rings (SSSR count). The number of ether oxygens (including phenoxy) is 2. The molecule has 0 atom stereocenters. The molecule has 0 aromatic heterocycles. The minimum Gasteiger partial charge on any atom is -0.494 e. The minimum atomic E-state index is -4.28. The normalized spacial score (nSPS) is 10.8. The Bertz CT molecular complexity index is 811. The molecule has 2 aromatic rings. The molecule has 128 valence electrons. The second kappa shape index (κ2) is 7.20. The number of carbonyl (C=O) groups is 1. The first-order valence-electron chi connectivity index (χ1n) is 6.71. The van der Waals surface area contributed by atoms with Gasteiger partial charge in [0.1, 0.15) is 17.2 Å². The van der Waals surface area contributed by atoms with Gasteiger partial charge in [-0.1, -0.05) is 6.07 Å². The van der Waals surface area contributed by atoms with Crippen molar-refractivity contribution in [3.8, 4) is 11.5 Å². The number of rotatable bonds is 5. The Labute approximate surface area is 139 Å². The van der Waals surface area contributed by atoms with Crippen LogP contribution in [0.1, 0.15) is 0 Å². The van der Waals surface area contributed by atoms with E-state index in [2.05, 4.69) is 10.6 Å². The lowest BCUT2D eigenvalue weighted by Gasteiger charge is -2.14. The maximum Gasteiger partial charge on any atom is 0.323 e. The van der Waals surface area contributed by atoms with Crippen LogP contribution in [0.3, 0.4) is 0 Å². The van der Waals surface area contributed by atoms with Crippen molar-refractivity contribution in [1.29, 1.82) is 0 Å². The largest absolute Gasteiger partial charge is 0.494 e. The molecule has 3 N–H and O–H groups in total. The van der Waals surface area contributed by atoms with Crippen LogP contribution in [0.4, 0.5) is 16.2 Å². The molecule has 0 unspecified atom stereocenters. The van der Waals surface area contributed by atoms with E-state index in [9.17, 15) is 13.2 Å². The molecule has 0 aliphatic rings. The molecule has 0 saturated carbocycles. The molecule has 0 bridgehead atoms. The number of urea groups is 1. The highest BCUT2D eigenvalue weighted by molar-refractivity contribution is 7.85. The van der Waals surface area contributed by atoms with Crippen LogP contribution in [0.2, 0.25) is 0 Å². The monoisotopic (exact) mass is 352 g/mol. The van der Waals surface area contributed by atoms with Gasteiger partial charge in [0.2, 0.25) is 0 Å². The molecule has 24 heavy (non-hydrogen) atoms. The van der Waals surface area contributed by atoms with Gasteiger partial charge in [0.05, 0.1) is 19.1 Å². The maximum atomic E-state index is 12.1. The van der Waals surface area contributed by atoms with Crippen molar-refractivity contribution in [2.24, 2.45) is 0 Å². The summed E-state index contributed by atoms with van der Waals surface area (Å²) in [6, 6.07) is 9.53. The van der Waals surface area contributed by atoms with Crippen LogP contribution < -0.4 is 20.1 Å². The van der Waals surface area contributed by atoms with Gasteiger partial charge in [-0.15, -0.1) is 0 Å². The number of hydrogen-bond acceptors (Lipinski definition) is 5. The lowest BCUT2D eigenvalue weighted by molar-refractivity contribution is 0.262. The van der Waals surface area contributed by atoms with E-state index in [4.69, 9.17) is 14.0 Å². The van der Waals surface area contributed by atoms with Crippen LogP contribution in [-0.4, -0.2) is 33.2 Å². The van der Waals surface area contributed by atoms with Gasteiger partial charge in [0.15, 0.2) is 0 Å². The molecule has 0 aliphatic heterocycles. The van der Waals surface area contributed by atoms with Crippen LogP contribution in [-0.2, 0) is 10.1 Å². The van der Waals surface area contributed by atoms with E-state index in [0.717, 1.165) is 0 Å². The number of methoxy groups -OCH3 is 2. The van der Waals surface area contributed by atoms with Gasteiger partial charge in [0.25, 0.3) is 10.1 Å². The van der Waals surface area contributed by atoms with E-state index in [1.807, 2.05) is 0 Å². The highest BCUT2D eigenvalue weighted by Crippen LogP contribution is 2.34. The summed E-state index contributed by atoms with van der Waals surface area (Å²) < 4.78 is 41.2. The molecule has 9 heteroatoms. The smallest absolute Gasteiger partial charge is 0.323 e. The summed E-state index contributed by atoms with van der Waals surface area (Å²) in [5.74, 6) is 0.845. The Kier molecular flexibility index (Phi) is 5.27. The second-order valence-electron chi connectivity index (χ2n) is 4.62. The van der Waals surface area contributed by atoms with Gasteiger partial charge in [-0.25, -0.2) is 4.79 Å². The predicted octanol–water partition coefficient (Wildman–Crippen LogP) is 2.59. The molecular formula is C15H16N2O6S. The van der Waals surface area contributed by atoms with Crippen LogP contribution in [0.5, 0.6) is 11.5 Å². The zero-order chi connectivity index (χ0) is 17.7. The fraction of sp³-hybridized carbons (Fsp3) is 0.133. The number of carbonyl (C=O) groups excluding carboxylic acids is 1. The van der Waals surface area contributed by atoms with E-state index in [1.54, 1.807) is 18.2 Å². The number of benzene rings is 2. The highest BCUT2D eigenvalue weighted by Gasteiger charge is 2.14. The van der Waals surface area contributed by atoms with Gasteiger partial charge in [-0.3, -0.25) is 4.55 Å². The van der Waals surface area contributed by atoms with Crippen LogP contribution in [0.25, 0.3) is 0 Å². The summed E-state index contributed by atoms with van der Waals surface area (Å²) in [7, 11) is -1.35. The van der Waals surface area contributed by atoms with Crippen molar-refractivity contribution < 1.29 is 27.2 Å². The molecule has 0 aliphatic carbocycles. The van der Waals surface area contributed by atoms with Crippen LogP contribution in [0.15, 0.2) is 47.4 Å². The summed E-state index contributed by atoms with van der Waals surface area (Å²) in [4.78, 5) is 11.8. The van der Waals surface area contributed by atoms with E-state index in [1.165, 1.54) is 38.5 Å². The van der Waals surface area contributed by atoms with E-state index in [0.29, 0.717) is 22.9 Å². The van der Waals surface area contributed by atoms with Gasteiger partial charge in [-0.2, -0.15) is 8.42 Å². The SMILES string of the molecule is COc1cccc(OC)c1NC(=O)Nc1ccc(S(=O)(=O)O)cc1. The van der Waals surface area contributed by atoms with Crippen molar-refractivity contribution in [3.63, 3.8) is 0 Å². The average Bonchev–Trinajstić information content (AvgIpc) is 2.54. The van der Waals surface area contributed by atoms with Crippen LogP contribution in [0, 0.1) is 0 Å². The van der Waals surface area contributed by atoms with Gasteiger partial charge >= 0.3 is 6.03 Å². The number of amides is 2. The summed E-state index contributed by atoms with van der Waals surface area (Å²) in [6.07, 6.45) is 0. The number of anilines is 2. The van der Waals surface area contributed by atoms with E-state index >= 15 is 0 Å². The first-order valence-corrected chi connectivity index (χ1v) is 8.15. The van der Waals surface area contributed by atoms with Crippen molar-refractivity contribution >= 4 is 27.5 Å². The summed E-state index contributed by atoms with van der Waals surface area (Å²) >= 11 is 0.